The highest BCUT2D eigenvalue weighted by molar-refractivity contribution is 5.75. The zero-order valence-corrected chi connectivity index (χ0v) is 13.6. The number of piperidine rings is 1. The van der Waals surface area contributed by atoms with Crippen LogP contribution in [0.15, 0.2) is 0 Å². The number of nitrogens with zero attached hydrogens (tertiary/aromatic N) is 1. The van der Waals surface area contributed by atoms with Crippen molar-refractivity contribution in [2.45, 2.75) is 58.1 Å². The molecule has 2 N–H and O–H groups in total. The fourth-order valence-corrected chi connectivity index (χ4v) is 2.42. The van der Waals surface area contributed by atoms with Gasteiger partial charge >= 0.3 is 12.1 Å². The molecule has 0 aromatic heterocycles. The van der Waals surface area contributed by atoms with Gasteiger partial charge in [0.15, 0.2) is 0 Å². The minimum Gasteiger partial charge on any atom is -0.468 e. The fraction of sp³-hybridized carbons (Fsp3) is 0.867. The van der Waals surface area contributed by atoms with Crippen LogP contribution >= 0.6 is 0 Å². The molecule has 1 heterocycles. The number of likely N-dealkylation sites (tertiary alicyclic amines) is 1. The monoisotopic (exact) mass is 300 g/mol. The second-order valence-electron chi connectivity index (χ2n) is 6.62. The number of rotatable bonds is 4. The van der Waals surface area contributed by atoms with Crippen LogP contribution in [-0.4, -0.2) is 48.8 Å². The summed E-state index contributed by atoms with van der Waals surface area (Å²) in [5.74, 6) is 0.139. The molecule has 1 atom stereocenters. The van der Waals surface area contributed by atoms with E-state index in [4.69, 9.17) is 10.5 Å². The lowest BCUT2D eigenvalue weighted by molar-refractivity contribution is -0.142. The minimum atomic E-state index is -0.543. The third-order valence-corrected chi connectivity index (χ3v) is 3.66. The molecular weight excluding hydrogens is 272 g/mol. The molecule has 1 amide bonds. The Morgan fingerprint density at radius 2 is 1.86 bits per heavy atom. The molecule has 0 bridgehead atoms. The number of hydrogen-bond acceptors (Lipinski definition) is 5. The summed E-state index contributed by atoms with van der Waals surface area (Å²) in [6.45, 7) is 7.00. The fourth-order valence-electron chi connectivity index (χ4n) is 2.42. The van der Waals surface area contributed by atoms with E-state index in [9.17, 15) is 9.59 Å². The number of carbonyl (C=O) groups is 2. The lowest BCUT2D eigenvalue weighted by Crippen LogP contribution is -2.42. The summed E-state index contributed by atoms with van der Waals surface area (Å²) in [6.07, 6.45) is 3.12. The lowest BCUT2D eigenvalue weighted by Gasteiger charge is -2.33. The van der Waals surface area contributed by atoms with E-state index < -0.39 is 11.6 Å². The van der Waals surface area contributed by atoms with E-state index in [0.717, 1.165) is 19.3 Å². The van der Waals surface area contributed by atoms with Gasteiger partial charge < -0.3 is 20.1 Å². The molecule has 21 heavy (non-hydrogen) atoms. The van der Waals surface area contributed by atoms with Crippen molar-refractivity contribution in [3.05, 3.63) is 0 Å². The molecule has 0 radical (unpaired) electrons. The third kappa shape index (κ3) is 6.33. The first-order valence-corrected chi connectivity index (χ1v) is 7.54. The van der Waals surface area contributed by atoms with Crippen molar-refractivity contribution in [3.63, 3.8) is 0 Å². The Balaban J connectivity index is 2.29. The minimum absolute atomic E-state index is 0.243. The average Bonchev–Trinajstić information content (AvgIpc) is 2.42. The Morgan fingerprint density at radius 1 is 1.29 bits per heavy atom. The molecule has 122 valence electrons. The van der Waals surface area contributed by atoms with E-state index in [1.165, 1.54) is 7.11 Å². The van der Waals surface area contributed by atoms with Gasteiger partial charge in [-0.15, -0.1) is 0 Å². The Kier molecular flexibility index (Phi) is 6.45. The second-order valence-corrected chi connectivity index (χ2v) is 6.62. The quantitative estimate of drug-likeness (QED) is 0.802. The Bertz CT molecular complexity index is 357. The summed E-state index contributed by atoms with van der Waals surface area (Å²) in [4.78, 5) is 24.9. The van der Waals surface area contributed by atoms with Gasteiger partial charge in [0.25, 0.3) is 0 Å². The molecule has 6 nitrogen and oxygen atoms in total. The Labute approximate surface area is 126 Å². The van der Waals surface area contributed by atoms with E-state index in [1.807, 2.05) is 20.8 Å². The van der Waals surface area contributed by atoms with Crippen molar-refractivity contribution in [3.8, 4) is 0 Å². The van der Waals surface area contributed by atoms with Crippen LogP contribution in [0.1, 0.15) is 46.5 Å². The Morgan fingerprint density at radius 3 is 2.33 bits per heavy atom. The molecule has 0 aromatic carbocycles. The van der Waals surface area contributed by atoms with Gasteiger partial charge in [-0.25, -0.2) is 4.79 Å². The summed E-state index contributed by atoms with van der Waals surface area (Å²) >= 11 is 0. The van der Waals surface area contributed by atoms with Gasteiger partial charge in [-0.1, -0.05) is 0 Å². The predicted molar refractivity (Wildman–Crippen MR) is 79.8 cm³/mol. The molecule has 6 heteroatoms. The maximum atomic E-state index is 11.9. The van der Waals surface area contributed by atoms with Crippen LogP contribution in [0.3, 0.4) is 0 Å². The normalized spacial score (nSPS) is 18.2. The van der Waals surface area contributed by atoms with Crippen LogP contribution < -0.4 is 5.73 Å². The molecule has 1 aliphatic rings. The largest absolute Gasteiger partial charge is 0.468 e. The molecule has 0 saturated carbocycles. The van der Waals surface area contributed by atoms with Crippen LogP contribution in [-0.2, 0) is 14.3 Å². The highest BCUT2D eigenvalue weighted by Gasteiger charge is 2.27. The number of ether oxygens (including phenoxy) is 2. The summed E-state index contributed by atoms with van der Waals surface area (Å²) in [6, 6.07) is -0.543. The summed E-state index contributed by atoms with van der Waals surface area (Å²) in [7, 11) is 1.35. The zero-order chi connectivity index (χ0) is 16.0. The van der Waals surface area contributed by atoms with Gasteiger partial charge in [0.2, 0.25) is 0 Å². The van der Waals surface area contributed by atoms with Crippen LogP contribution in [0.5, 0.6) is 0 Å². The molecule has 0 unspecified atom stereocenters. The molecular formula is C15H28N2O4. The van der Waals surface area contributed by atoms with Crippen LogP contribution in [0, 0.1) is 5.92 Å². The summed E-state index contributed by atoms with van der Waals surface area (Å²) in [5.41, 5.74) is 5.27. The highest BCUT2D eigenvalue weighted by atomic mass is 16.6. The molecule has 0 spiro atoms. The predicted octanol–water partition coefficient (Wildman–Crippen LogP) is 1.91. The van der Waals surface area contributed by atoms with Gasteiger partial charge in [-0.05, 0) is 52.4 Å². The SMILES string of the molecule is COC(=O)[C@H](N)CCC1CCN(C(=O)OC(C)(C)C)CC1. The van der Waals surface area contributed by atoms with Crippen LogP contribution in [0.25, 0.3) is 0 Å². The first-order chi connectivity index (χ1) is 9.73. The highest BCUT2D eigenvalue weighted by Crippen LogP contribution is 2.23. The van der Waals surface area contributed by atoms with Crippen LogP contribution in [0.2, 0.25) is 0 Å². The van der Waals surface area contributed by atoms with Crippen LogP contribution in [0.4, 0.5) is 4.79 Å². The van der Waals surface area contributed by atoms with Gasteiger partial charge in [0.05, 0.1) is 7.11 Å². The molecule has 1 saturated heterocycles. The number of carbonyl (C=O) groups excluding carboxylic acids is 2. The second kappa shape index (κ2) is 7.64. The van der Waals surface area contributed by atoms with E-state index in [1.54, 1.807) is 4.90 Å². The number of hydrogen-bond donors (Lipinski definition) is 1. The van der Waals surface area contributed by atoms with E-state index in [0.29, 0.717) is 25.4 Å². The van der Waals surface area contributed by atoms with E-state index in [2.05, 4.69) is 4.74 Å². The number of esters is 1. The Hall–Kier alpha value is -1.30. The van der Waals surface area contributed by atoms with Crippen molar-refractivity contribution >= 4 is 12.1 Å². The van der Waals surface area contributed by atoms with Crippen molar-refractivity contribution in [1.82, 2.24) is 4.90 Å². The standard InChI is InChI=1S/C15H28N2O4/c1-15(2,3)21-14(19)17-9-7-11(8-10-17)5-6-12(16)13(18)20-4/h11-12H,5-10,16H2,1-4H3/t12-/m1/s1. The van der Waals surface area contributed by atoms with Gasteiger partial charge in [-0.3, -0.25) is 4.79 Å². The van der Waals surface area contributed by atoms with Crippen molar-refractivity contribution < 1.29 is 19.1 Å². The average molecular weight is 300 g/mol. The maximum Gasteiger partial charge on any atom is 0.410 e. The topological polar surface area (TPSA) is 81.9 Å². The number of methoxy groups -OCH3 is 1. The number of amides is 1. The van der Waals surface area contributed by atoms with Crippen molar-refractivity contribution in [2.75, 3.05) is 20.2 Å². The molecule has 0 aromatic rings. The molecule has 1 fully saturated rings. The smallest absolute Gasteiger partial charge is 0.410 e. The molecule has 1 rings (SSSR count). The number of nitrogens with two attached hydrogens (primary N) is 1. The summed E-state index contributed by atoms with van der Waals surface area (Å²) < 4.78 is 9.98. The first-order valence-electron chi connectivity index (χ1n) is 7.54. The van der Waals surface area contributed by atoms with E-state index in [-0.39, 0.29) is 12.1 Å². The van der Waals surface area contributed by atoms with Crippen molar-refractivity contribution in [2.24, 2.45) is 11.7 Å². The zero-order valence-electron chi connectivity index (χ0n) is 13.6. The van der Waals surface area contributed by atoms with Gasteiger partial charge in [-0.2, -0.15) is 0 Å². The third-order valence-electron chi connectivity index (χ3n) is 3.66. The van der Waals surface area contributed by atoms with Gasteiger partial charge in [0, 0.05) is 13.1 Å². The molecule has 0 aliphatic carbocycles. The summed E-state index contributed by atoms with van der Waals surface area (Å²) in [5, 5.41) is 0. The van der Waals surface area contributed by atoms with Crippen molar-refractivity contribution in [1.29, 1.82) is 0 Å². The van der Waals surface area contributed by atoms with Gasteiger partial charge in [0.1, 0.15) is 11.6 Å². The van der Waals surface area contributed by atoms with E-state index >= 15 is 0 Å². The first kappa shape index (κ1) is 17.8. The molecule has 1 aliphatic heterocycles. The maximum absolute atomic E-state index is 11.9. The lowest BCUT2D eigenvalue weighted by atomic mass is 9.91.